The third-order valence-electron chi connectivity index (χ3n) is 5.72. The molecule has 5 rings (SSSR count). The van der Waals surface area contributed by atoms with Gasteiger partial charge < -0.3 is 0 Å². The van der Waals surface area contributed by atoms with Gasteiger partial charge in [0.05, 0.1) is 32.2 Å². The molecule has 1 aliphatic heterocycles. The summed E-state index contributed by atoms with van der Waals surface area (Å²) in [7, 11) is 0. The van der Waals surface area contributed by atoms with Gasteiger partial charge in [0.1, 0.15) is 5.82 Å². The Bertz CT molecular complexity index is 1440. The van der Waals surface area contributed by atoms with E-state index in [1.165, 1.54) is 9.47 Å². The van der Waals surface area contributed by atoms with Gasteiger partial charge in [-0.1, -0.05) is 46.9 Å². The molecule has 0 saturated heterocycles. The molecule has 0 fully saturated rings. The number of hydrogen-bond donors (Lipinski definition) is 0. The summed E-state index contributed by atoms with van der Waals surface area (Å²) < 4.78 is 1.49. The summed E-state index contributed by atoms with van der Waals surface area (Å²) in [6.45, 7) is 0.201. The molecule has 0 bridgehead atoms. The van der Waals surface area contributed by atoms with Crippen LogP contribution in [0.4, 0.5) is 0 Å². The Balaban J connectivity index is 1.44. The normalized spacial score (nSPS) is 13.1. The maximum Gasteiger partial charge on any atom is 0.263 e. The molecule has 34 heavy (non-hydrogen) atoms. The molecule has 2 heterocycles. The number of aryl methyl sites for hydroxylation is 1. The first-order chi connectivity index (χ1) is 16.3. The van der Waals surface area contributed by atoms with Crippen LogP contribution in [0.1, 0.15) is 43.3 Å². The van der Waals surface area contributed by atoms with Crippen LogP contribution in [-0.4, -0.2) is 38.7 Å². The van der Waals surface area contributed by atoms with E-state index in [0.29, 0.717) is 61.5 Å². The Labute approximate surface area is 209 Å². The molecule has 0 unspecified atom stereocenters. The van der Waals surface area contributed by atoms with E-state index in [9.17, 15) is 14.4 Å². The fraction of sp³-hybridized carbons (Fsp3) is 0.120. The van der Waals surface area contributed by atoms with Crippen LogP contribution in [0.2, 0.25) is 15.1 Å². The van der Waals surface area contributed by atoms with E-state index < -0.39 is 0 Å². The predicted molar refractivity (Wildman–Crippen MR) is 131 cm³/mol. The number of fused-ring (bicyclic) bond motifs is 2. The summed E-state index contributed by atoms with van der Waals surface area (Å²) in [6.07, 6.45) is 0.765. The molecular formula is C25H16Cl3N3O3. The fourth-order valence-corrected chi connectivity index (χ4v) is 4.52. The Morgan fingerprint density at radius 1 is 0.853 bits per heavy atom. The van der Waals surface area contributed by atoms with Crippen molar-refractivity contribution >= 4 is 63.6 Å². The number of imide groups is 1. The Kier molecular flexibility index (Phi) is 5.90. The summed E-state index contributed by atoms with van der Waals surface area (Å²) in [5.74, 6) is -0.451. The van der Waals surface area contributed by atoms with Crippen LogP contribution >= 0.6 is 34.8 Å². The van der Waals surface area contributed by atoms with E-state index in [1.54, 1.807) is 60.7 Å². The van der Waals surface area contributed by atoms with Gasteiger partial charge in [-0.25, -0.2) is 4.98 Å². The van der Waals surface area contributed by atoms with Gasteiger partial charge >= 0.3 is 0 Å². The van der Waals surface area contributed by atoms with Gasteiger partial charge in [-0.2, -0.15) is 0 Å². The monoisotopic (exact) mass is 511 g/mol. The molecule has 0 N–H and O–H groups in total. The second-order valence-corrected chi connectivity index (χ2v) is 9.09. The highest BCUT2D eigenvalue weighted by Gasteiger charge is 2.34. The van der Waals surface area contributed by atoms with Gasteiger partial charge in [0.25, 0.3) is 17.7 Å². The van der Waals surface area contributed by atoms with Gasteiger partial charge in [0, 0.05) is 23.6 Å². The Morgan fingerprint density at radius 2 is 1.47 bits per heavy atom. The van der Waals surface area contributed by atoms with Crippen LogP contribution in [0.3, 0.4) is 0 Å². The average Bonchev–Trinajstić information content (AvgIpc) is 3.29. The van der Waals surface area contributed by atoms with Crippen LogP contribution in [-0.2, 0) is 6.42 Å². The zero-order valence-electron chi connectivity index (χ0n) is 17.6. The molecule has 1 aromatic heterocycles. The molecule has 1 aliphatic rings. The number of hydrogen-bond acceptors (Lipinski definition) is 4. The fourth-order valence-electron chi connectivity index (χ4n) is 4.08. The van der Waals surface area contributed by atoms with Gasteiger partial charge in [0.15, 0.2) is 0 Å². The first kappa shape index (κ1) is 22.6. The standard InChI is InChI=1S/C25H16Cl3N3O3/c26-15-9-7-14(8-10-15)23(32)31-21-13-19(28)18(27)12-20(21)29-22(31)6-3-11-30-24(33)16-4-1-2-5-17(16)25(30)34/h1-2,4-5,7-10,12-13H,3,6,11H2. The Hall–Kier alpha value is -3.19. The first-order valence-corrected chi connectivity index (χ1v) is 11.6. The van der Waals surface area contributed by atoms with Crippen molar-refractivity contribution in [1.82, 2.24) is 14.5 Å². The zero-order chi connectivity index (χ0) is 24.0. The maximum absolute atomic E-state index is 13.4. The molecule has 6 nitrogen and oxygen atoms in total. The second kappa shape index (κ2) is 8.87. The van der Waals surface area contributed by atoms with Crippen molar-refractivity contribution in [3.05, 3.63) is 98.2 Å². The molecule has 0 spiro atoms. The van der Waals surface area contributed by atoms with Crippen molar-refractivity contribution in [2.24, 2.45) is 0 Å². The van der Waals surface area contributed by atoms with E-state index in [0.717, 1.165) is 0 Å². The minimum atomic E-state index is -0.315. The number of imidazole rings is 1. The molecule has 0 aliphatic carbocycles. The highest BCUT2D eigenvalue weighted by Crippen LogP contribution is 2.30. The number of amides is 2. The molecule has 3 aromatic carbocycles. The summed E-state index contributed by atoms with van der Waals surface area (Å²) >= 11 is 18.4. The van der Waals surface area contributed by atoms with Crippen molar-refractivity contribution < 1.29 is 14.4 Å². The minimum Gasteiger partial charge on any atom is -0.274 e. The van der Waals surface area contributed by atoms with E-state index in [2.05, 4.69) is 4.98 Å². The van der Waals surface area contributed by atoms with Crippen molar-refractivity contribution in [3.63, 3.8) is 0 Å². The molecular weight excluding hydrogens is 497 g/mol. The highest BCUT2D eigenvalue weighted by atomic mass is 35.5. The predicted octanol–water partition coefficient (Wildman–Crippen LogP) is 5.91. The van der Waals surface area contributed by atoms with Gasteiger partial charge in [-0.15, -0.1) is 0 Å². The minimum absolute atomic E-state index is 0.201. The van der Waals surface area contributed by atoms with Gasteiger partial charge in [0.2, 0.25) is 0 Å². The van der Waals surface area contributed by atoms with Crippen LogP contribution in [0.15, 0.2) is 60.7 Å². The van der Waals surface area contributed by atoms with E-state index in [-0.39, 0.29) is 24.3 Å². The lowest BCUT2D eigenvalue weighted by Gasteiger charge is -2.14. The van der Waals surface area contributed by atoms with Gasteiger partial charge in [-0.05, 0) is 55.0 Å². The number of rotatable bonds is 5. The van der Waals surface area contributed by atoms with Crippen molar-refractivity contribution in [1.29, 1.82) is 0 Å². The summed E-state index contributed by atoms with van der Waals surface area (Å²) in [6, 6.07) is 16.5. The van der Waals surface area contributed by atoms with Crippen molar-refractivity contribution in [3.8, 4) is 0 Å². The van der Waals surface area contributed by atoms with Crippen LogP contribution in [0.5, 0.6) is 0 Å². The Morgan fingerprint density at radius 3 is 2.12 bits per heavy atom. The summed E-state index contributed by atoms with van der Waals surface area (Å²) in [5, 5.41) is 1.15. The van der Waals surface area contributed by atoms with E-state index in [4.69, 9.17) is 34.8 Å². The number of aromatic nitrogens is 2. The second-order valence-electron chi connectivity index (χ2n) is 7.84. The molecule has 9 heteroatoms. The average molecular weight is 513 g/mol. The molecule has 4 aromatic rings. The number of benzene rings is 3. The van der Waals surface area contributed by atoms with Crippen LogP contribution in [0.25, 0.3) is 11.0 Å². The molecule has 2 amide bonds. The number of carbonyl (C=O) groups excluding carboxylic acids is 3. The van der Waals surface area contributed by atoms with E-state index >= 15 is 0 Å². The lowest BCUT2D eigenvalue weighted by Crippen LogP contribution is -2.31. The SMILES string of the molecule is O=C1c2ccccc2C(=O)N1CCCc1nc2cc(Cl)c(Cl)cc2n1C(=O)c1ccc(Cl)cc1. The number of carbonyl (C=O) groups is 3. The number of halogens is 3. The smallest absolute Gasteiger partial charge is 0.263 e. The van der Waals surface area contributed by atoms with Crippen LogP contribution in [0, 0.1) is 0 Å². The highest BCUT2D eigenvalue weighted by molar-refractivity contribution is 6.42. The molecule has 0 radical (unpaired) electrons. The first-order valence-electron chi connectivity index (χ1n) is 10.5. The molecule has 0 atom stereocenters. The molecule has 0 saturated carbocycles. The lowest BCUT2D eigenvalue weighted by molar-refractivity contribution is 0.0651. The third-order valence-corrected chi connectivity index (χ3v) is 6.69. The summed E-state index contributed by atoms with van der Waals surface area (Å²) in [4.78, 5) is 44.5. The topological polar surface area (TPSA) is 72.3 Å². The van der Waals surface area contributed by atoms with Crippen LogP contribution < -0.4 is 0 Å². The summed E-state index contributed by atoms with van der Waals surface area (Å²) in [5.41, 5.74) is 2.28. The lowest BCUT2D eigenvalue weighted by atomic mass is 10.1. The van der Waals surface area contributed by atoms with Crippen molar-refractivity contribution in [2.45, 2.75) is 12.8 Å². The quantitative estimate of drug-likeness (QED) is 0.312. The third kappa shape index (κ3) is 3.88. The maximum atomic E-state index is 13.4. The van der Waals surface area contributed by atoms with E-state index in [1.807, 2.05) is 0 Å². The largest absolute Gasteiger partial charge is 0.274 e. The molecule has 170 valence electrons. The zero-order valence-corrected chi connectivity index (χ0v) is 19.9. The number of nitrogens with zero attached hydrogens (tertiary/aromatic N) is 3. The van der Waals surface area contributed by atoms with Gasteiger partial charge in [-0.3, -0.25) is 23.9 Å². The van der Waals surface area contributed by atoms with Crippen molar-refractivity contribution in [2.75, 3.05) is 6.54 Å².